The van der Waals surface area contributed by atoms with E-state index >= 15 is 0 Å². The summed E-state index contributed by atoms with van der Waals surface area (Å²) in [6.07, 6.45) is 0. The van der Waals surface area contributed by atoms with Gasteiger partial charge in [-0.25, -0.2) is 0 Å². The number of benzene rings is 2. The van der Waals surface area contributed by atoms with E-state index in [0.29, 0.717) is 13.1 Å². The van der Waals surface area contributed by atoms with E-state index in [4.69, 9.17) is 0 Å². The van der Waals surface area contributed by atoms with Gasteiger partial charge in [-0.05, 0) is 44.9 Å². The van der Waals surface area contributed by atoms with Crippen molar-refractivity contribution in [2.75, 3.05) is 39.3 Å². The number of aromatic nitrogens is 1. The summed E-state index contributed by atoms with van der Waals surface area (Å²) in [6, 6.07) is 23.1. The first kappa shape index (κ1) is 25.9. The number of piperazine rings is 1. The van der Waals surface area contributed by atoms with E-state index in [2.05, 4.69) is 82.1 Å². The van der Waals surface area contributed by atoms with Crippen LogP contribution in [-0.2, 0) is 4.79 Å². The van der Waals surface area contributed by atoms with Crippen LogP contribution in [0.3, 0.4) is 0 Å². The summed E-state index contributed by atoms with van der Waals surface area (Å²) in [7, 11) is 0. The third-order valence-corrected chi connectivity index (χ3v) is 6.92. The monoisotopic (exact) mass is 486 g/mol. The zero-order valence-electron chi connectivity index (χ0n) is 21.9. The van der Waals surface area contributed by atoms with Gasteiger partial charge in [0.1, 0.15) is 0 Å². The fourth-order valence-electron chi connectivity index (χ4n) is 5.18. The molecular formula is C30H38N4O2. The Kier molecular flexibility index (Phi) is 8.39. The molecule has 6 nitrogen and oxygen atoms in total. The van der Waals surface area contributed by atoms with E-state index < -0.39 is 0 Å². The van der Waals surface area contributed by atoms with Crippen LogP contribution in [0, 0.1) is 13.8 Å². The molecule has 6 heteroatoms. The molecule has 1 aliphatic rings. The van der Waals surface area contributed by atoms with Gasteiger partial charge in [0.2, 0.25) is 5.91 Å². The normalized spacial score (nSPS) is 14.9. The van der Waals surface area contributed by atoms with Crippen molar-refractivity contribution in [2.24, 2.45) is 0 Å². The van der Waals surface area contributed by atoms with Gasteiger partial charge in [-0.3, -0.25) is 19.4 Å². The van der Waals surface area contributed by atoms with Crippen LogP contribution in [0.1, 0.15) is 52.8 Å². The van der Waals surface area contributed by atoms with Crippen molar-refractivity contribution in [3.63, 3.8) is 0 Å². The topological polar surface area (TPSA) is 57.6 Å². The highest BCUT2D eigenvalue weighted by Gasteiger charge is 2.26. The Morgan fingerprint density at radius 3 is 1.81 bits per heavy atom. The summed E-state index contributed by atoms with van der Waals surface area (Å²) >= 11 is 0. The van der Waals surface area contributed by atoms with Crippen molar-refractivity contribution in [3.8, 4) is 0 Å². The molecule has 0 atom stereocenters. The van der Waals surface area contributed by atoms with E-state index in [1.165, 1.54) is 11.1 Å². The average Bonchev–Trinajstić information content (AvgIpc) is 3.15. The Labute approximate surface area is 214 Å². The number of amides is 1. The second-order valence-electron chi connectivity index (χ2n) is 10.1. The number of hydrogen-bond donors (Lipinski definition) is 1. The van der Waals surface area contributed by atoms with Crippen LogP contribution in [0.4, 0.5) is 0 Å². The zero-order valence-corrected chi connectivity index (χ0v) is 21.9. The van der Waals surface area contributed by atoms with Crippen LogP contribution in [0.15, 0.2) is 66.7 Å². The number of ketones is 1. The van der Waals surface area contributed by atoms with Gasteiger partial charge in [0, 0.05) is 49.2 Å². The second-order valence-corrected chi connectivity index (χ2v) is 10.1. The minimum absolute atomic E-state index is 0.00878. The van der Waals surface area contributed by atoms with E-state index in [0.717, 1.165) is 43.1 Å². The van der Waals surface area contributed by atoms with Crippen LogP contribution in [0.5, 0.6) is 0 Å². The average molecular weight is 487 g/mol. The first-order chi connectivity index (χ1) is 17.3. The van der Waals surface area contributed by atoms with E-state index in [1.54, 1.807) is 0 Å². The number of nitrogens with zero attached hydrogens (tertiary/aromatic N) is 3. The highest BCUT2D eigenvalue weighted by atomic mass is 16.2. The smallest absolute Gasteiger partial charge is 0.234 e. The predicted octanol–water partition coefficient (Wildman–Crippen LogP) is 4.07. The van der Waals surface area contributed by atoms with Crippen molar-refractivity contribution in [3.05, 3.63) is 94.8 Å². The molecule has 0 aliphatic carbocycles. The fourth-order valence-corrected chi connectivity index (χ4v) is 5.18. The fraction of sp³-hybridized carbons (Fsp3) is 0.400. The lowest BCUT2D eigenvalue weighted by Gasteiger charge is -2.34. The van der Waals surface area contributed by atoms with Crippen LogP contribution in [-0.4, -0.2) is 71.4 Å². The Morgan fingerprint density at radius 2 is 1.31 bits per heavy atom. The van der Waals surface area contributed by atoms with Crippen LogP contribution in [0.25, 0.3) is 0 Å². The molecule has 0 spiro atoms. The third-order valence-electron chi connectivity index (χ3n) is 6.92. The lowest BCUT2D eigenvalue weighted by Crippen LogP contribution is -2.51. The third kappa shape index (κ3) is 6.12. The van der Waals surface area contributed by atoms with Gasteiger partial charge in [-0.15, -0.1) is 0 Å². The number of hydrogen-bond acceptors (Lipinski definition) is 4. The Balaban J connectivity index is 1.48. The zero-order chi connectivity index (χ0) is 25.7. The molecule has 0 saturated carbocycles. The lowest BCUT2D eigenvalue weighted by atomic mass is 9.98. The number of nitrogens with one attached hydrogen (secondary N) is 1. The Morgan fingerprint density at radius 1 is 0.806 bits per heavy atom. The van der Waals surface area contributed by atoms with Crippen LogP contribution in [0.2, 0.25) is 0 Å². The summed E-state index contributed by atoms with van der Waals surface area (Å²) in [6.45, 7) is 12.1. The molecule has 1 amide bonds. The highest BCUT2D eigenvalue weighted by Crippen LogP contribution is 2.31. The summed E-state index contributed by atoms with van der Waals surface area (Å²) in [5, 5.41) is 2.95. The SMILES string of the molecule is Cc1cc(C(=O)CN2CCN(CC(=O)NC(C)C)CC2)c(C)n1C(c1ccccc1)c1ccccc1. The van der Waals surface area contributed by atoms with E-state index in [9.17, 15) is 9.59 Å². The molecular weight excluding hydrogens is 448 g/mol. The molecule has 1 aliphatic heterocycles. The highest BCUT2D eigenvalue weighted by molar-refractivity contribution is 5.99. The van der Waals surface area contributed by atoms with Crippen molar-refractivity contribution < 1.29 is 9.59 Å². The van der Waals surface area contributed by atoms with Gasteiger partial charge < -0.3 is 9.88 Å². The molecule has 0 unspecified atom stereocenters. The lowest BCUT2D eigenvalue weighted by molar-refractivity contribution is -0.123. The first-order valence-electron chi connectivity index (χ1n) is 12.9. The molecule has 190 valence electrons. The molecule has 4 rings (SSSR count). The molecule has 1 fully saturated rings. The summed E-state index contributed by atoms with van der Waals surface area (Å²) in [5.74, 6) is 0.216. The maximum absolute atomic E-state index is 13.4. The summed E-state index contributed by atoms with van der Waals surface area (Å²) < 4.78 is 2.29. The van der Waals surface area contributed by atoms with Crippen molar-refractivity contribution in [2.45, 2.75) is 39.8 Å². The quantitative estimate of drug-likeness (QED) is 0.464. The van der Waals surface area contributed by atoms with Crippen molar-refractivity contribution in [1.29, 1.82) is 0 Å². The van der Waals surface area contributed by atoms with Gasteiger partial charge in [0.05, 0.1) is 19.1 Å². The summed E-state index contributed by atoms with van der Waals surface area (Å²) in [5.41, 5.74) is 5.26. The maximum Gasteiger partial charge on any atom is 0.234 e. The second kappa shape index (κ2) is 11.7. The molecule has 0 bridgehead atoms. The number of carbonyl (C=O) groups is 2. The molecule has 1 aromatic heterocycles. The maximum atomic E-state index is 13.4. The minimum Gasteiger partial charge on any atom is -0.353 e. The number of Topliss-reactive ketones (excluding diaryl/α,β-unsaturated/α-hetero) is 1. The number of carbonyl (C=O) groups excluding carboxylic acids is 2. The van der Waals surface area contributed by atoms with Crippen molar-refractivity contribution in [1.82, 2.24) is 19.7 Å². The predicted molar refractivity (Wildman–Crippen MR) is 145 cm³/mol. The number of rotatable bonds is 9. The molecule has 36 heavy (non-hydrogen) atoms. The minimum atomic E-state index is 0.00878. The van der Waals surface area contributed by atoms with Crippen molar-refractivity contribution >= 4 is 11.7 Å². The van der Waals surface area contributed by atoms with E-state index in [1.807, 2.05) is 32.0 Å². The molecule has 2 aromatic carbocycles. The Bertz CT molecular complexity index is 1120. The Hall–Kier alpha value is -3.22. The molecule has 1 saturated heterocycles. The molecule has 0 radical (unpaired) electrons. The molecule has 1 N–H and O–H groups in total. The summed E-state index contributed by atoms with van der Waals surface area (Å²) in [4.78, 5) is 29.9. The van der Waals surface area contributed by atoms with E-state index in [-0.39, 0.29) is 23.8 Å². The first-order valence-corrected chi connectivity index (χ1v) is 12.9. The van der Waals surface area contributed by atoms with Gasteiger partial charge in [-0.2, -0.15) is 0 Å². The van der Waals surface area contributed by atoms with Crippen LogP contribution >= 0.6 is 0 Å². The van der Waals surface area contributed by atoms with Gasteiger partial charge in [0.15, 0.2) is 5.78 Å². The van der Waals surface area contributed by atoms with Gasteiger partial charge in [-0.1, -0.05) is 60.7 Å². The molecule has 3 aromatic rings. The molecule has 2 heterocycles. The largest absolute Gasteiger partial charge is 0.353 e. The van der Waals surface area contributed by atoms with Gasteiger partial charge in [0.25, 0.3) is 0 Å². The standard InChI is InChI=1S/C30H38N4O2/c1-22(2)31-29(36)21-33-17-15-32(16-18-33)20-28(35)27-19-23(3)34(24(27)4)30(25-11-7-5-8-12-25)26-13-9-6-10-14-26/h5-14,19,22,30H,15-18,20-21H2,1-4H3,(H,31,36). The van der Waals surface area contributed by atoms with Crippen LogP contribution < -0.4 is 5.32 Å². The van der Waals surface area contributed by atoms with Gasteiger partial charge >= 0.3 is 0 Å². The number of aryl methyl sites for hydroxylation is 1.